The van der Waals surface area contributed by atoms with Crippen LogP contribution in [0.2, 0.25) is 0 Å². The van der Waals surface area contributed by atoms with E-state index in [0.29, 0.717) is 0 Å². The highest BCUT2D eigenvalue weighted by atomic mass is 16.1. The fourth-order valence-electron chi connectivity index (χ4n) is 3.26. The lowest BCUT2D eigenvalue weighted by Crippen LogP contribution is -2.25. The summed E-state index contributed by atoms with van der Waals surface area (Å²) in [5.41, 5.74) is 0. The summed E-state index contributed by atoms with van der Waals surface area (Å²) in [5.74, 6) is 2.80. The molecule has 1 saturated carbocycles. The van der Waals surface area contributed by atoms with Gasteiger partial charge in [-0.15, -0.1) is 6.58 Å². The lowest BCUT2D eigenvalue weighted by molar-refractivity contribution is -0.0979. The van der Waals surface area contributed by atoms with E-state index in [1.54, 1.807) is 0 Å². The Morgan fingerprint density at radius 3 is 2.00 bits per heavy atom. The molecule has 0 aliphatic heterocycles. The summed E-state index contributed by atoms with van der Waals surface area (Å²) >= 11 is 0. The molecule has 0 aromatic carbocycles. The molecule has 3 atom stereocenters. The third-order valence-electron chi connectivity index (χ3n) is 4.44. The van der Waals surface area contributed by atoms with Crippen molar-refractivity contribution >= 4 is 6.77 Å². The van der Waals surface area contributed by atoms with Crippen molar-refractivity contribution in [1.29, 1.82) is 0 Å². The van der Waals surface area contributed by atoms with Gasteiger partial charge in [-0.3, -0.25) is 0 Å². The molecule has 0 saturated heterocycles. The maximum atomic E-state index is 8.47. The molecule has 3 aliphatic rings. The maximum Gasteiger partial charge on any atom is 0.106 e. The summed E-state index contributed by atoms with van der Waals surface area (Å²) in [4.78, 5) is 8.47. The van der Waals surface area contributed by atoms with Gasteiger partial charge in [-0.25, -0.2) is 0 Å². The van der Waals surface area contributed by atoms with Gasteiger partial charge in [0, 0.05) is 0 Å². The molecular formula is C19H28O. The second-order valence-corrected chi connectivity index (χ2v) is 5.69. The number of rotatable bonds is 1. The topological polar surface area (TPSA) is 17.1 Å². The molecule has 0 aromatic rings. The Morgan fingerprint density at radius 2 is 1.50 bits per heavy atom. The van der Waals surface area contributed by atoms with Crippen LogP contribution in [0.1, 0.15) is 46.3 Å². The van der Waals surface area contributed by atoms with Crippen molar-refractivity contribution in [2.24, 2.45) is 17.8 Å². The van der Waals surface area contributed by atoms with Gasteiger partial charge in [-0.05, 0) is 62.7 Å². The van der Waals surface area contributed by atoms with Gasteiger partial charge < -0.3 is 4.79 Å². The van der Waals surface area contributed by atoms with E-state index >= 15 is 0 Å². The second-order valence-electron chi connectivity index (χ2n) is 5.69. The van der Waals surface area contributed by atoms with Gasteiger partial charge in [0.1, 0.15) is 8.14 Å². The lowest BCUT2D eigenvalue weighted by Gasteiger charge is -2.36. The van der Waals surface area contributed by atoms with E-state index in [4.69, 9.17) is 6.17 Å². The maximum absolute atomic E-state index is 8.47. The fraction of sp³-hybridized carbons (Fsp3) is 0.526. The molecule has 1 fully saturated rings. The van der Waals surface area contributed by atoms with Crippen LogP contribution in [0.5, 0.6) is 0 Å². The SMILES string of the molecule is C1=CCC=CC1.C=CC1CCC2CC=CCC2C1.[2H]C=O. The minimum absolute atomic E-state index is 0. The first-order valence-corrected chi connectivity index (χ1v) is 7.71. The molecule has 0 radical (unpaired) electrons. The van der Waals surface area contributed by atoms with Crippen molar-refractivity contribution in [3.05, 3.63) is 49.1 Å². The average Bonchev–Trinajstić information content (AvgIpc) is 2.57. The normalized spacial score (nSPS) is 30.6. The molecule has 0 N–H and O–H groups in total. The Bertz CT molecular complexity index is 361. The first kappa shape index (κ1) is 15.0. The van der Waals surface area contributed by atoms with Gasteiger partial charge in [0.15, 0.2) is 0 Å². The van der Waals surface area contributed by atoms with Gasteiger partial charge in [0.25, 0.3) is 0 Å². The first-order chi connectivity index (χ1) is 10.3. The van der Waals surface area contributed by atoms with Gasteiger partial charge in [0.05, 0.1) is 0 Å². The van der Waals surface area contributed by atoms with Gasteiger partial charge in [0.2, 0.25) is 0 Å². The molecule has 20 heavy (non-hydrogen) atoms. The molecule has 0 spiro atoms. The molecular weight excluding hydrogens is 244 g/mol. The minimum Gasteiger partial charge on any atom is -0.307 e. The molecule has 0 heterocycles. The number of hydrogen-bond acceptors (Lipinski definition) is 1. The zero-order valence-electron chi connectivity index (χ0n) is 13.4. The molecule has 110 valence electrons. The summed E-state index contributed by atoms with van der Waals surface area (Å²) in [6.45, 7) is 3.90. The highest BCUT2D eigenvalue weighted by Crippen LogP contribution is 2.40. The van der Waals surface area contributed by atoms with Crippen molar-refractivity contribution in [2.75, 3.05) is 0 Å². The molecule has 3 unspecified atom stereocenters. The summed E-state index contributed by atoms with van der Waals surface area (Å²) in [5, 5.41) is 0. The van der Waals surface area contributed by atoms with Crippen LogP contribution in [0.15, 0.2) is 49.1 Å². The van der Waals surface area contributed by atoms with Crippen LogP contribution < -0.4 is 0 Å². The van der Waals surface area contributed by atoms with Crippen LogP contribution in [-0.4, -0.2) is 6.77 Å². The van der Waals surface area contributed by atoms with Crippen LogP contribution in [0.3, 0.4) is 0 Å². The van der Waals surface area contributed by atoms with Crippen LogP contribution in [0.4, 0.5) is 0 Å². The van der Waals surface area contributed by atoms with Crippen molar-refractivity contribution in [2.45, 2.75) is 44.9 Å². The van der Waals surface area contributed by atoms with E-state index in [2.05, 4.69) is 49.1 Å². The Kier molecular flexibility index (Phi) is 7.83. The summed E-state index contributed by atoms with van der Waals surface area (Å²) in [6.07, 6.45) is 24.8. The van der Waals surface area contributed by atoms with Crippen LogP contribution in [-0.2, 0) is 4.79 Å². The number of carbonyl (C=O) groups excluding carboxylic acids is 1. The Morgan fingerprint density at radius 1 is 0.950 bits per heavy atom. The Balaban J connectivity index is 0.000000205. The molecule has 3 aliphatic carbocycles. The smallest absolute Gasteiger partial charge is 0.106 e. The molecule has 0 amide bonds. The van der Waals surface area contributed by atoms with Crippen molar-refractivity contribution in [3.8, 4) is 0 Å². The van der Waals surface area contributed by atoms with Crippen LogP contribution >= 0.6 is 0 Å². The average molecular weight is 273 g/mol. The van der Waals surface area contributed by atoms with E-state index in [-0.39, 0.29) is 6.77 Å². The highest BCUT2D eigenvalue weighted by Gasteiger charge is 2.28. The van der Waals surface area contributed by atoms with Crippen molar-refractivity contribution in [1.82, 2.24) is 0 Å². The number of carbonyl (C=O) groups is 1. The zero-order chi connectivity index (χ0) is 15.3. The van der Waals surface area contributed by atoms with Gasteiger partial charge in [-0.2, -0.15) is 0 Å². The van der Waals surface area contributed by atoms with Crippen molar-refractivity contribution < 1.29 is 6.17 Å². The molecule has 0 bridgehead atoms. The predicted octanol–water partition coefficient (Wildman–Crippen LogP) is 5.26. The number of hydrogen-bond donors (Lipinski definition) is 0. The third-order valence-corrected chi connectivity index (χ3v) is 4.44. The monoisotopic (exact) mass is 273 g/mol. The van der Waals surface area contributed by atoms with E-state index < -0.39 is 0 Å². The number of fused-ring (bicyclic) bond motifs is 1. The van der Waals surface area contributed by atoms with Crippen LogP contribution in [0, 0.1) is 17.8 Å². The Hall–Kier alpha value is -1.37. The van der Waals surface area contributed by atoms with Gasteiger partial charge in [-0.1, -0.05) is 42.5 Å². The minimum atomic E-state index is 0. The fourth-order valence-corrected chi connectivity index (χ4v) is 3.26. The standard InChI is InChI=1S/C12H18.C6H8.CH2O/c1-2-10-7-8-11-5-3-4-6-12(11)9-10;1-2-4-6-5-3-1;1-2/h2-4,10-12H,1,5-9H2;1-2,5-6H,3-4H2;1H2/i;;1D. The summed E-state index contributed by atoms with van der Waals surface area (Å²) in [6, 6.07) is 0. The van der Waals surface area contributed by atoms with E-state index in [9.17, 15) is 0 Å². The summed E-state index contributed by atoms with van der Waals surface area (Å²) in [7, 11) is 0. The first-order valence-electron chi connectivity index (χ1n) is 8.29. The predicted molar refractivity (Wildman–Crippen MR) is 87.5 cm³/mol. The van der Waals surface area contributed by atoms with E-state index in [1.807, 2.05) is 0 Å². The van der Waals surface area contributed by atoms with E-state index in [0.717, 1.165) is 30.6 Å². The Labute approximate surface area is 125 Å². The summed E-state index contributed by atoms with van der Waals surface area (Å²) < 4.78 is 5.53. The molecule has 0 aromatic heterocycles. The highest BCUT2D eigenvalue weighted by molar-refractivity contribution is 5.11. The van der Waals surface area contributed by atoms with Gasteiger partial charge >= 0.3 is 0 Å². The lowest BCUT2D eigenvalue weighted by atomic mass is 9.69. The molecule has 1 nitrogen and oxygen atoms in total. The molecule has 1 heteroatoms. The third kappa shape index (κ3) is 5.73. The quantitative estimate of drug-likeness (QED) is 0.595. The number of allylic oxidation sites excluding steroid dienone is 7. The largest absolute Gasteiger partial charge is 0.307 e. The molecule has 3 rings (SSSR count). The zero-order valence-corrected chi connectivity index (χ0v) is 12.4. The van der Waals surface area contributed by atoms with E-state index in [1.165, 1.54) is 32.1 Å². The van der Waals surface area contributed by atoms with Crippen LogP contribution in [0.25, 0.3) is 0 Å². The second kappa shape index (κ2) is 10.4. The van der Waals surface area contributed by atoms with Crippen molar-refractivity contribution in [3.63, 3.8) is 0 Å².